The van der Waals surface area contributed by atoms with Crippen molar-refractivity contribution in [3.05, 3.63) is 0 Å². The Bertz CT molecular complexity index is 419. The molecule has 1 aromatic heterocycles. The number of hydrogen-bond acceptors (Lipinski definition) is 7. The molecule has 4 N–H and O–H groups in total. The smallest absolute Gasteiger partial charge is 0.231 e. The molecular weight excluding hydrogens is 244 g/mol. The molecule has 19 heavy (non-hydrogen) atoms. The van der Waals surface area contributed by atoms with Crippen molar-refractivity contribution >= 4 is 17.8 Å². The molecule has 0 aromatic carbocycles. The first kappa shape index (κ1) is 13.8. The minimum absolute atomic E-state index is 0.0301. The lowest BCUT2D eigenvalue weighted by Crippen LogP contribution is -2.31. The second-order valence-corrected chi connectivity index (χ2v) is 5.19. The number of nitrogens with zero attached hydrogens (tertiary/aromatic N) is 4. The van der Waals surface area contributed by atoms with E-state index in [-0.39, 0.29) is 24.5 Å². The average molecular weight is 266 g/mol. The van der Waals surface area contributed by atoms with Crippen molar-refractivity contribution in [2.75, 3.05) is 35.6 Å². The highest BCUT2D eigenvalue weighted by atomic mass is 16.3. The molecule has 0 unspecified atom stereocenters. The van der Waals surface area contributed by atoms with Crippen LogP contribution in [-0.2, 0) is 0 Å². The maximum Gasteiger partial charge on any atom is 0.231 e. The van der Waals surface area contributed by atoms with Crippen LogP contribution in [0.4, 0.5) is 17.8 Å². The van der Waals surface area contributed by atoms with Gasteiger partial charge in [0, 0.05) is 13.1 Å². The third-order valence-electron chi connectivity index (χ3n) is 3.35. The van der Waals surface area contributed by atoms with Crippen LogP contribution < -0.4 is 16.0 Å². The second-order valence-electron chi connectivity index (χ2n) is 5.19. The lowest BCUT2D eigenvalue weighted by Gasteiger charge is -2.21. The maximum atomic E-state index is 9.33. The number of aliphatic hydroxyl groups is 1. The lowest BCUT2D eigenvalue weighted by molar-refractivity contribution is 0.248. The number of anilines is 3. The number of nitrogen functional groups attached to an aromatic ring is 1. The van der Waals surface area contributed by atoms with Gasteiger partial charge in [-0.1, -0.05) is 13.8 Å². The number of aliphatic hydroxyl groups excluding tert-OH is 1. The van der Waals surface area contributed by atoms with Crippen molar-refractivity contribution in [2.45, 2.75) is 32.7 Å². The van der Waals surface area contributed by atoms with Crippen molar-refractivity contribution in [2.24, 2.45) is 5.92 Å². The minimum atomic E-state index is -0.0896. The molecule has 0 saturated carbocycles. The number of rotatable bonds is 5. The molecule has 106 valence electrons. The predicted octanol–water partition coefficient (Wildman–Crippen LogP) is 0.483. The summed E-state index contributed by atoms with van der Waals surface area (Å²) in [6, 6.07) is -0.0896. The third kappa shape index (κ3) is 3.44. The van der Waals surface area contributed by atoms with Gasteiger partial charge in [0.15, 0.2) is 0 Å². The summed E-state index contributed by atoms with van der Waals surface area (Å²) >= 11 is 0. The van der Waals surface area contributed by atoms with E-state index in [1.165, 1.54) is 0 Å². The van der Waals surface area contributed by atoms with Gasteiger partial charge >= 0.3 is 0 Å². The monoisotopic (exact) mass is 266 g/mol. The van der Waals surface area contributed by atoms with Crippen LogP contribution in [0.2, 0.25) is 0 Å². The zero-order valence-corrected chi connectivity index (χ0v) is 11.5. The molecule has 2 heterocycles. The van der Waals surface area contributed by atoms with E-state index in [0.29, 0.717) is 11.9 Å². The number of nitrogens with one attached hydrogen (secondary N) is 1. The van der Waals surface area contributed by atoms with Gasteiger partial charge in [0.05, 0.1) is 12.6 Å². The van der Waals surface area contributed by atoms with Gasteiger partial charge in [-0.15, -0.1) is 0 Å². The van der Waals surface area contributed by atoms with Crippen LogP contribution in [0, 0.1) is 5.92 Å². The fourth-order valence-corrected chi connectivity index (χ4v) is 2.09. The number of aromatic nitrogens is 3. The van der Waals surface area contributed by atoms with Crippen LogP contribution in [0.1, 0.15) is 26.7 Å². The zero-order chi connectivity index (χ0) is 13.8. The molecule has 0 bridgehead atoms. The molecule has 0 amide bonds. The van der Waals surface area contributed by atoms with Crippen LogP contribution in [0.5, 0.6) is 0 Å². The third-order valence-corrected chi connectivity index (χ3v) is 3.35. The highest BCUT2D eigenvalue weighted by Gasteiger charge is 2.18. The summed E-state index contributed by atoms with van der Waals surface area (Å²) in [6.45, 7) is 5.99. The van der Waals surface area contributed by atoms with Gasteiger partial charge in [-0.05, 0) is 18.8 Å². The SMILES string of the molecule is CC(C)[C@@H](CO)Nc1nc(N)nc(N2CCCC2)n1. The highest BCUT2D eigenvalue weighted by molar-refractivity contribution is 5.42. The van der Waals surface area contributed by atoms with E-state index in [1.807, 2.05) is 13.8 Å². The maximum absolute atomic E-state index is 9.33. The van der Waals surface area contributed by atoms with E-state index in [4.69, 9.17) is 5.73 Å². The molecule has 0 spiro atoms. The Hall–Kier alpha value is -1.63. The summed E-state index contributed by atoms with van der Waals surface area (Å²) in [5, 5.41) is 12.4. The van der Waals surface area contributed by atoms with Gasteiger partial charge in [0.1, 0.15) is 0 Å². The van der Waals surface area contributed by atoms with Crippen molar-refractivity contribution in [1.29, 1.82) is 0 Å². The van der Waals surface area contributed by atoms with Gasteiger partial charge in [0.2, 0.25) is 17.8 Å². The topological polar surface area (TPSA) is 100 Å². The molecule has 1 fully saturated rings. The quantitative estimate of drug-likeness (QED) is 0.712. The van der Waals surface area contributed by atoms with E-state index in [9.17, 15) is 5.11 Å². The molecule has 1 aliphatic rings. The molecule has 7 heteroatoms. The van der Waals surface area contributed by atoms with Crippen molar-refractivity contribution < 1.29 is 5.11 Å². The minimum Gasteiger partial charge on any atom is -0.394 e. The van der Waals surface area contributed by atoms with Crippen LogP contribution in [0.3, 0.4) is 0 Å². The average Bonchev–Trinajstić information content (AvgIpc) is 2.88. The van der Waals surface area contributed by atoms with Crippen LogP contribution in [0.25, 0.3) is 0 Å². The predicted molar refractivity (Wildman–Crippen MR) is 75.0 cm³/mol. The molecule has 2 rings (SSSR count). The standard InChI is InChI=1S/C12H22N6O/c1-8(2)9(7-19)14-11-15-10(13)16-12(17-11)18-5-3-4-6-18/h8-9,19H,3-7H2,1-2H3,(H3,13,14,15,16,17)/t9-/m1/s1. The van der Waals surface area contributed by atoms with E-state index in [0.717, 1.165) is 25.9 Å². The summed E-state index contributed by atoms with van der Waals surface area (Å²) in [7, 11) is 0. The summed E-state index contributed by atoms with van der Waals surface area (Å²) in [6.07, 6.45) is 2.30. The fourth-order valence-electron chi connectivity index (χ4n) is 2.09. The zero-order valence-electron chi connectivity index (χ0n) is 11.5. The van der Waals surface area contributed by atoms with E-state index < -0.39 is 0 Å². The van der Waals surface area contributed by atoms with E-state index in [2.05, 4.69) is 25.2 Å². The van der Waals surface area contributed by atoms with E-state index >= 15 is 0 Å². The van der Waals surface area contributed by atoms with Crippen molar-refractivity contribution in [3.8, 4) is 0 Å². The first-order valence-electron chi connectivity index (χ1n) is 6.74. The first-order chi connectivity index (χ1) is 9.10. The Balaban J connectivity index is 2.16. The molecule has 1 aliphatic heterocycles. The summed E-state index contributed by atoms with van der Waals surface area (Å²) in [4.78, 5) is 14.7. The Labute approximate surface area is 113 Å². The van der Waals surface area contributed by atoms with Gasteiger partial charge in [0.25, 0.3) is 0 Å². The molecule has 1 atom stereocenters. The molecule has 0 aliphatic carbocycles. The summed E-state index contributed by atoms with van der Waals surface area (Å²) in [5.41, 5.74) is 5.73. The molecule has 0 radical (unpaired) electrons. The highest BCUT2D eigenvalue weighted by Crippen LogP contribution is 2.18. The normalized spacial score (nSPS) is 16.9. The Kier molecular flexibility index (Phi) is 4.36. The molecule has 1 aromatic rings. The van der Waals surface area contributed by atoms with Gasteiger partial charge in [-0.3, -0.25) is 0 Å². The largest absolute Gasteiger partial charge is 0.394 e. The number of nitrogens with two attached hydrogens (primary N) is 1. The molecule has 7 nitrogen and oxygen atoms in total. The van der Waals surface area contributed by atoms with E-state index in [1.54, 1.807) is 0 Å². The number of hydrogen-bond donors (Lipinski definition) is 3. The summed E-state index contributed by atoms with van der Waals surface area (Å²) in [5.74, 6) is 1.54. The first-order valence-corrected chi connectivity index (χ1v) is 6.74. The molecule has 1 saturated heterocycles. The van der Waals surface area contributed by atoms with Crippen molar-refractivity contribution in [3.63, 3.8) is 0 Å². The summed E-state index contributed by atoms with van der Waals surface area (Å²) < 4.78 is 0. The van der Waals surface area contributed by atoms with Gasteiger partial charge < -0.3 is 21.1 Å². The molecular formula is C12H22N6O. The fraction of sp³-hybridized carbons (Fsp3) is 0.750. The lowest BCUT2D eigenvalue weighted by atomic mass is 10.1. The van der Waals surface area contributed by atoms with Crippen LogP contribution in [-0.4, -0.2) is 45.8 Å². The Morgan fingerprint density at radius 3 is 2.53 bits per heavy atom. The Morgan fingerprint density at radius 1 is 1.26 bits per heavy atom. The van der Waals surface area contributed by atoms with Gasteiger partial charge in [-0.2, -0.15) is 15.0 Å². The second kappa shape index (κ2) is 6.01. The Morgan fingerprint density at radius 2 is 1.95 bits per heavy atom. The van der Waals surface area contributed by atoms with Crippen LogP contribution >= 0.6 is 0 Å². The van der Waals surface area contributed by atoms with Crippen LogP contribution in [0.15, 0.2) is 0 Å². The van der Waals surface area contributed by atoms with Gasteiger partial charge in [-0.25, -0.2) is 0 Å². The van der Waals surface area contributed by atoms with Crippen molar-refractivity contribution in [1.82, 2.24) is 15.0 Å².